The molecule has 0 aliphatic carbocycles. The van der Waals surface area contributed by atoms with Gasteiger partial charge in [-0.2, -0.15) is 0 Å². The number of nitrogens with zero attached hydrogens (tertiary/aromatic N) is 3. The summed E-state index contributed by atoms with van der Waals surface area (Å²) in [5, 5.41) is 6.25. The molecule has 2 rings (SSSR count). The molecule has 1 aromatic carbocycles. The molecular formula is C22H38IN5O3. The van der Waals surface area contributed by atoms with E-state index in [2.05, 4.69) is 27.4 Å². The number of hydrogen-bond donors (Lipinski definition) is 2. The third kappa shape index (κ3) is 10.0. The van der Waals surface area contributed by atoms with Crippen LogP contribution in [0.5, 0.6) is 5.75 Å². The van der Waals surface area contributed by atoms with Crippen molar-refractivity contribution in [2.24, 2.45) is 4.99 Å². The summed E-state index contributed by atoms with van der Waals surface area (Å²) in [6, 6.07) is 8.04. The van der Waals surface area contributed by atoms with Crippen LogP contribution in [0.1, 0.15) is 19.4 Å². The minimum Gasteiger partial charge on any atom is -0.489 e. The number of benzene rings is 1. The molecule has 1 saturated heterocycles. The molecule has 0 radical (unpaired) electrons. The Labute approximate surface area is 203 Å². The zero-order valence-electron chi connectivity index (χ0n) is 19.2. The number of carbonyl (C=O) groups is 1. The van der Waals surface area contributed by atoms with Gasteiger partial charge in [0.25, 0.3) is 0 Å². The van der Waals surface area contributed by atoms with Crippen molar-refractivity contribution in [3.05, 3.63) is 29.8 Å². The van der Waals surface area contributed by atoms with E-state index in [1.807, 2.05) is 38.1 Å². The first-order chi connectivity index (χ1) is 14.5. The highest BCUT2D eigenvalue weighted by Gasteiger charge is 2.21. The zero-order chi connectivity index (χ0) is 21.8. The molecule has 0 aromatic heterocycles. The van der Waals surface area contributed by atoms with Crippen molar-refractivity contribution in [3.63, 3.8) is 0 Å². The van der Waals surface area contributed by atoms with Crippen molar-refractivity contribution in [1.29, 1.82) is 0 Å². The Hall–Kier alpha value is -1.59. The first-order valence-electron chi connectivity index (χ1n) is 10.8. The second kappa shape index (κ2) is 15.3. The third-order valence-corrected chi connectivity index (χ3v) is 4.92. The van der Waals surface area contributed by atoms with Gasteiger partial charge in [-0.15, -0.1) is 24.0 Å². The van der Waals surface area contributed by atoms with E-state index in [4.69, 9.17) is 14.5 Å². The van der Waals surface area contributed by atoms with Crippen molar-refractivity contribution in [1.82, 2.24) is 20.4 Å². The molecule has 1 aliphatic heterocycles. The molecule has 0 saturated carbocycles. The second-order valence-electron chi connectivity index (χ2n) is 7.49. The fourth-order valence-electron chi connectivity index (χ4n) is 3.25. The van der Waals surface area contributed by atoms with Crippen LogP contribution in [0, 0.1) is 6.92 Å². The van der Waals surface area contributed by atoms with Gasteiger partial charge >= 0.3 is 0 Å². The summed E-state index contributed by atoms with van der Waals surface area (Å²) < 4.78 is 11.0. The number of amides is 1. The SMILES string of the molecule is CCNC(=NCC(C)Oc1ccccc1C)N1CCN(CC(=O)NCCOC)CC1.I. The number of ether oxygens (including phenoxy) is 2. The first kappa shape index (κ1) is 27.4. The van der Waals surface area contributed by atoms with E-state index in [1.54, 1.807) is 7.11 Å². The van der Waals surface area contributed by atoms with E-state index in [9.17, 15) is 4.79 Å². The van der Waals surface area contributed by atoms with E-state index in [-0.39, 0.29) is 36.0 Å². The molecule has 0 bridgehead atoms. The number of rotatable bonds is 10. The molecule has 1 atom stereocenters. The Morgan fingerprint density at radius 2 is 1.90 bits per heavy atom. The fraction of sp³-hybridized carbons (Fsp3) is 0.636. The lowest BCUT2D eigenvalue weighted by atomic mass is 10.2. The molecule has 8 nitrogen and oxygen atoms in total. The van der Waals surface area contributed by atoms with Gasteiger partial charge in [0.05, 0.1) is 19.7 Å². The maximum atomic E-state index is 12.0. The maximum Gasteiger partial charge on any atom is 0.234 e. The number of guanidine groups is 1. The Balaban J connectivity index is 0.00000480. The summed E-state index contributed by atoms with van der Waals surface area (Å²) in [6.07, 6.45) is -0.0168. The van der Waals surface area contributed by atoms with E-state index >= 15 is 0 Å². The largest absolute Gasteiger partial charge is 0.489 e. The van der Waals surface area contributed by atoms with Gasteiger partial charge in [-0.3, -0.25) is 9.69 Å². The molecule has 9 heteroatoms. The average molecular weight is 547 g/mol. The van der Waals surface area contributed by atoms with Crippen LogP contribution in [0.25, 0.3) is 0 Å². The van der Waals surface area contributed by atoms with E-state index in [1.165, 1.54) is 0 Å². The van der Waals surface area contributed by atoms with Gasteiger partial charge in [0.15, 0.2) is 5.96 Å². The number of para-hydroxylation sites is 1. The number of aliphatic imine (C=N–C) groups is 1. The van der Waals surface area contributed by atoms with Crippen LogP contribution < -0.4 is 15.4 Å². The summed E-state index contributed by atoms with van der Waals surface area (Å²) in [5.41, 5.74) is 1.13. The number of nitrogens with one attached hydrogen (secondary N) is 2. The first-order valence-corrected chi connectivity index (χ1v) is 10.8. The minimum absolute atomic E-state index is 0. The van der Waals surface area contributed by atoms with Crippen LogP contribution in [-0.2, 0) is 9.53 Å². The summed E-state index contributed by atoms with van der Waals surface area (Å²) >= 11 is 0. The smallest absolute Gasteiger partial charge is 0.234 e. The number of halogens is 1. The number of methoxy groups -OCH3 is 1. The predicted octanol–water partition coefficient (Wildman–Crippen LogP) is 1.73. The summed E-state index contributed by atoms with van der Waals surface area (Å²) in [6.45, 7) is 12.4. The summed E-state index contributed by atoms with van der Waals surface area (Å²) in [4.78, 5) is 21.2. The highest BCUT2D eigenvalue weighted by molar-refractivity contribution is 14.0. The van der Waals surface area contributed by atoms with E-state index in [0.717, 1.165) is 50.0 Å². The lowest BCUT2D eigenvalue weighted by Gasteiger charge is -2.36. The van der Waals surface area contributed by atoms with Crippen molar-refractivity contribution in [3.8, 4) is 5.75 Å². The molecule has 1 aromatic rings. The minimum atomic E-state index is -0.0168. The van der Waals surface area contributed by atoms with Gasteiger partial charge < -0.3 is 25.0 Å². The molecule has 31 heavy (non-hydrogen) atoms. The average Bonchev–Trinajstić information content (AvgIpc) is 2.73. The van der Waals surface area contributed by atoms with Gasteiger partial charge in [0, 0.05) is 46.4 Å². The number of carbonyl (C=O) groups excluding carboxylic acids is 1. The number of hydrogen-bond acceptors (Lipinski definition) is 5. The molecule has 1 aliphatic rings. The molecule has 1 unspecified atom stereocenters. The summed E-state index contributed by atoms with van der Waals surface area (Å²) in [7, 11) is 1.63. The fourth-order valence-corrected chi connectivity index (χ4v) is 3.25. The molecule has 1 amide bonds. The quantitative estimate of drug-likeness (QED) is 0.201. The van der Waals surface area contributed by atoms with Gasteiger partial charge in [0.2, 0.25) is 5.91 Å². The molecule has 1 fully saturated rings. The van der Waals surface area contributed by atoms with Crippen molar-refractivity contribution < 1.29 is 14.3 Å². The van der Waals surface area contributed by atoms with Crippen molar-refractivity contribution in [2.75, 3.05) is 66.1 Å². The Morgan fingerprint density at radius 3 is 2.55 bits per heavy atom. The van der Waals surface area contributed by atoms with Crippen LogP contribution in [-0.4, -0.2) is 93.8 Å². The maximum absolute atomic E-state index is 12.0. The molecule has 176 valence electrons. The van der Waals surface area contributed by atoms with Gasteiger partial charge in [-0.05, 0) is 32.4 Å². The Bertz CT molecular complexity index is 681. The highest BCUT2D eigenvalue weighted by atomic mass is 127. The number of piperazine rings is 1. The second-order valence-corrected chi connectivity index (χ2v) is 7.49. The van der Waals surface area contributed by atoms with Crippen molar-refractivity contribution in [2.45, 2.75) is 26.9 Å². The van der Waals surface area contributed by atoms with Gasteiger partial charge in [-0.1, -0.05) is 18.2 Å². The van der Waals surface area contributed by atoms with Gasteiger partial charge in [-0.25, -0.2) is 4.99 Å². The monoisotopic (exact) mass is 547 g/mol. The lowest BCUT2D eigenvalue weighted by molar-refractivity contribution is -0.122. The van der Waals surface area contributed by atoms with E-state index < -0.39 is 0 Å². The third-order valence-electron chi connectivity index (χ3n) is 4.92. The highest BCUT2D eigenvalue weighted by Crippen LogP contribution is 2.17. The predicted molar refractivity (Wildman–Crippen MR) is 136 cm³/mol. The Kier molecular flexibility index (Phi) is 13.5. The number of aryl methyl sites for hydroxylation is 1. The van der Waals surface area contributed by atoms with Crippen molar-refractivity contribution >= 4 is 35.8 Å². The topological polar surface area (TPSA) is 78.4 Å². The molecule has 0 spiro atoms. The normalized spacial score (nSPS) is 15.7. The molecule has 1 heterocycles. The van der Waals surface area contributed by atoms with E-state index in [0.29, 0.717) is 26.2 Å². The van der Waals surface area contributed by atoms with Crippen LogP contribution in [0.15, 0.2) is 29.3 Å². The standard InChI is InChI=1S/C22H37N5O3.HI/c1-5-23-22(25-16-19(3)30-20-9-7-6-8-18(20)2)27-13-11-26(12-14-27)17-21(28)24-10-15-29-4;/h6-9,19H,5,10-17H2,1-4H3,(H,23,25)(H,24,28);1H. The lowest BCUT2D eigenvalue weighted by Crippen LogP contribution is -2.54. The van der Waals surface area contributed by atoms with Crippen LogP contribution >= 0.6 is 24.0 Å². The van der Waals surface area contributed by atoms with Gasteiger partial charge in [0.1, 0.15) is 11.9 Å². The Morgan fingerprint density at radius 1 is 1.19 bits per heavy atom. The molecular weight excluding hydrogens is 509 g/mol. The summed E-state index contributed by atoms with van der Waals surface area (Å²) in [5.74, 6) is 1.85. The zero-order valence-corrected chi connectivity index (χ0v) is 21.6. The van der Waals surface area contributed by atoms with Crippen LogP contribution in [0.2, 0.25) is 0 Å². The molecule has 2 N–H and O–H groups in total. The van der Waals surface area contributed by atoms with Crippen LogP contribution in [0.4, 0.5) is 0 Å². The van der Waals surface area contributed by atoms with Crippen LogP contribution in [0.3, 0.4) is 0 Å².